The van der Waals surface area contributed by atoms with Gasteiger partial charge in [0.2, 0.25) is 0 Å². The molecule has 0 amide bonds. The molecular formula is C18H23NO. The zero-order valence-corrected chi connectivity index (χ0v) is 12.1. The highest BCUT2D eigenvalue weighted by Crippen LogP contribution is 2.28. The Hall–Kier alpha value is -1.38. The molecule has 106 valence electrons. The molecule has 1 aliphatic heterocycles. The molecule has 1 N–H and O–H groups in total. The predicted octanol–water partition coefficient (Wildman–Crippen LogP) is 3.75. The van der Waals surface area contributed by atoms with Gasteiger partial charge in [0.05, 0.1) is 6.10 Å². The van der Waals surface area contributed by atoms with Crippen LogP contribution >= 0.6 is 0 Å². The van der Waals surface area contributed by atoms with E-state index in [0.717, 1.165) is 18.7 Å². The first-order valence-electron chi connectivity index (χ1n) is 7.69. The highest BCUT2D eigenvalue weighted by atomic mass is 16.3. The molecule has 1 fully saturated rings. The van der Waals surface area contributed by atoms with Crippen molar-refractivity contribution in [2.75, 3.05) is 13.1 Å². The van der Waals surface area contributed by atoms with Crippen molar-refractivity contribution in [2.45, 2.75) is 38.3 Å². The molecule has 2 atom stereocenters. The Labute approximate surface area is 121 Å². The maximum absolute atomic E-state index is 10.7. The fourth-order valence-corrected chi connectivity index (χ4v) is 3.46. The third-order valence-corrected chi connectivity index (χ3v) is 4.56. The number of aliphatic hydroxyl groups excluding tert-OH is 1. The fraction of sp³-hybridized carbons (Fsp3) is 0.444. The van der Waals surface area contributed by atoms with E-state index in [2.05, 4.69) is 36.1 Å². The molecule has 2 heteroatoms. The second-order valence-corrected chi connectivity index (χ2v) is 5.78. The summed E-state index contributed by atoms with van der Waals surface area (Å²) >= 11 is 0. The number of likely N-dealkylation sites (tertiary alicyclic amines) is 1. The molecular weight excluding hydrogens is 246 g/mol. The summed E-state index contributed by atoms with van der Waals surface area (Å²) in [5.74, 6) is 0. The quantitative estimate of drug-likeness (QED) is 0.914. The summed E-state index contributed by atoms with van der Waals surface area (Å²) in [7, 11) is 0. The molecule has 2 aromatic rings. The van der Waals surface area contributed by atoms with Gasteiger partial charge in [-0.2, -0.15) is 0 Å². The van der Waals surface area contributed by atoms with E-state index in [4.69, 9.17) is 0 Å². The molecule has 20 heavy (non-hydrogen) atoms. The largest absolute Gasteiger partial charge is 0.387 e. The van der Waals surface area contributed by atoms with Crippen molar-refractivity contribution < 1.29 is 5.11 Å². The summed E-state index contributed by atoms with van der Waals surface area (Å²) in [5, 5.41) is 13.0. The average Bonchev–Trinajstić information content (AvgIpc) is 2.93. The van der Waals surface area contributed by atoms with Crippen molar-refractivity contribution in [3.63, 3.8) is 0 Å². The first-order chi connectivity index (χ1) is 9.79. The fourth-order valence-electron chi connectivity index (χ4n) is 3.46. The van der Waals surface area contributed by atoms with E-state index in [-0.39, 0.29) is 0 Å². The van der Waals surface area contributed by atoms with Crippen LogP contribution in [-0.2, 0) is 0 Å². The number of β-amino-alcohol motifs (C(OH)–C–C–N with tert-alkyl or cyclic N) is 1. The Balaban J connectivity index is 1.83. The molecule has 1 saturated heterocycles. The number of rotatable bonds is 4. The molecule has 0 radical (unpaired) electrons. The van der Waals surface area contributed by atoms with Gasteiger partial charge in [-0.3, -0.25) is 4.90 Å². The second-order valence-electron chi connectivity index (χ2n) is 5.78. The Morgan fingerprint density at radius 1 is 1.20 bits per heavy atom. The maximum atomic E-state index is 10.7. The van der Waals surface area contributed by atoms with Crippen LogP contribution in [0.3, 0.4) is 0 Å². The topological polar surface area (TPSA) is 23.5 Å². The molecule has 0 aromatic heterocycles. The molecule has 0 bridgehead atoms. The summed E-state index contributed by atoms with van der Waals surface area (Å²) in [6, 6.07) is 15.2. The average molecular weight is 269 g/mol. The summed E-state index contributed by atoms with van der Waals surface area (Å²) in [4.78, 5) is 2.45. The van der Waals surface area contributed by atoms with Crippen LogP contribution in [0, 0.1) is 0 Å². The minimum Gasteiger partial charge on any atom is -0.387 e. The van der Waals surface area contributed by atoms with E-state index in [0.29, 0.717) is 6.04 Å². The minimum absolute atomic E-state index is 0.395. The van der Waals surface area contributed by atoms with Gasteiger partial charge in [-0.05, 0) is 42.1 Å². The normalized spacial score (nSPS) is 21.4. The Kier molecular flexibility index (Phi) is 4.04. The first-order valence-corrected chi connectivity index (χ1v) is 7.69. The second kappa shape index (κ2) is 5.94. The van der Waals surface area contributed by atoms with E-state index >= 15 is 0 Å². The van der Waals surface area contributed by atoms with Gasteiger partial charge in [0, 0.05) is 12.6 Å². The van der Waals surface area contributed by atoms with Crippen LogP contribution in [0.4, 0.5) is 0 Å². The highest BCUT2D eigenvalue weighted by Gasteiger charge is 2.25. The van der Waals surface area contributed by atoms with Gasteiger partial charge in [-0.25, -0.2) is 0 Å². The molecule has 3 rings (SSSR count). The monoisotopic (exact) mass is 269 g/mol. The standard InChI is InChI=1S/C18H23NO/c1-2-15-9-6-12-19(15)13-18(20)17-11-5-8-14-7-3-4-10-16(14)17/h3-5,7-8,10-11,15,18,20H,2,6,9,12-13H2,1H3. The van der Waals surface area contributed by atoms with Gasteiger partial charge in [-0.1, -0.05) is 49.4 Å². The third-order valence-electron chi connectivity index (χ3n) is 4.56. The van der Waals surface area contributed by atoms with Gasteiger partial charge in [0.25, 0.3) is 0 Å². The third kappa shape index (κ3) is 2.58. The smallest absolute Gasteiger partial charge is 0.0923 e. The van der Waals surface area contributed by atoms with Crippen LogP contribution in [0.2, 0.25) is 0 Å². The number of hydrogen-bond donors (Lipinski definition) is 1. The van der Waals surface area contributed by atoms with Crippen LogP contribution in [0.15, 0.2) is 42.5 Å². The molecule has 2 nitrogen and oxygen atoms in total. The highest BCUT2D eigenvalue weighted by molar-refractivity contribution is 5.85. The number of aliphatic hydroxyl groups is 1. The van der Waals surface area contributed by atoms with Crippen LogP contribution < -0.4 is 0 Å². The number of nitrogens with zero attached hydrogens (tertiary/aromatic N) is 1. The molecule has 1 heterocycles. The molecule has 2 unspecified atom stereocenters. The van der Waals surface area contributed by atoms with Crippen LogP contribution in [0.5, 0.6) is 0 Å². The molecule has 0 saturated carbocycles. The van der Waals surface area contributed by atoms with Crippen molar-refractivity contribution in [1.29, 1.82) is 0 Å². The Bertz CT molecular complexity index is 575. The lowest BCUT2D eigenvalue weighted by Crippen LogP contribution is -2.32. The van der Waals surface area contributed by atoms with Crippen LogP contribution in [0.25, 0.3) is 10.8 Å². The van der Waals surface area contributed by atoms with E-state index in [1.165, 1.54) is 30.0 Å². The van der Waals surface area contributed by atoms with Crippen LogP contribution in [-0.4, -0.2) is 29.1 Å². The SMILES string of the molecule is CCC1CCCN1CC(O)c1cccc2ccccc12. The van der Waals surface area contributed by atoms with E-state index in [1.54, 1.807) is 0 Å². The van der Waals surface area contributed by atoms with Gasteiger partial charge in [-0.15, -0.1) is 0 Å². The zero-order valence-electron chi connectivity index (χ0n) is 12.1. The van der Waals surface area contributed by atoms with Crippen molar-refractivity contribution in [2.24, 2.45) is 0 Å². The molecule has 2 aromatic carbocycles. The summed E-state index contributed by atoms with van der Waals surface area (Å²) in [6.07, 6.45) is 3.33. The number of fused-ring (bicyclic) bond motifs is 1. The Morgan fingerprint density at radius 2 is 2.00 bits per heavy atom. The first kappa shape index (κ1) is 13.6. The van der Waals surface area contributed by atoms with Crippen molar-refractivity contribution in [3.05, 3.63) is 48.0 Å². The van der Waals surface area contributed by atoms with Crippen molar-refractivity contribution in [3.8, 4) is 0 Å². The van der Waals surface area contributed by atoms with E-state index < -0.39 is 6.10 Å². The van der Waals surface area contributed by atoms with E-state index in [1.807, 2.05) is 18.2 Å². The molecule has 1 aliphatic rings. The van der Waals surface area contributed by atoms with E-state index in [9.17, 15) is 5.11 Å². The predicted molar refractivity (Wildman–Crippen MR) is 83.8 cm³/mol. The summed E-state index contributed by atoms with van der Waals surface area (Å²) in [5.41, 5.74) is 1.06. The van der Waals surface area contributed by atoms with Gasteiger partial charge < -0.3 is 5.11 Å². The Morgan fingerprint density at radius 3 is 2.85 bits per heavy atom. The lowest BCUT2D eigenvalue weighted by atomic mass is 10.00. The lowest BCUT2D eigenvalue weighted by molar-refractivity contribution is 0.106. The van der Waals surface area contributed by atoms with Crippen molar-refractivity contribution in [1.82, 2.24) is 4.90 Å². The summed E-state index contributed by atoms with van der Waals surface area (Å²) < 4.78 is 0. The van der Waals surface area contributed by atoms with Crippen molar-refractivity contribution >= 4 is 10.8 Å². The summed E-state index contributed by atoms with van der Waals surface area (Å²) in [6.45, 7) is 4.13. The zero-order chi connectivity index (χ0) is 13.9. The lowest BCUT2D eigenvalue weighted by Gasteiger charge is -2.26. The minimum atomic E-state index is -0.395. The van der Waals surface area contributed by atoms with Gasteiger partial charge >= 0.3 is 0 Å². The number of benzene rings is 2. The van der Waals surface area contributed by atoms with Gasteiger partial charge in [0.15, 0.2) is 0 Å². The van der Waals surface area contributed by atoms with Crippen LogP contribution in [0.1, 0.15) is 37.9 Å². The number of hydrogen-bond acceptors (Lipinski definition) is 2. The van der Waals surface area contributed by atoms with Gasteiger partial charge in [0.1, 0.15) is 0 Å². The maximum Gasteiger partial charge on any atom is 0.0923 e. The molecule has 0 aliphatic carbocycles. The molecule has 0 spiro atoms.